The molecule has 2 aromatic carbocycles. The molecule has 32 heavy (non-hydrogen) atoms. The summed E-state index contributed by atoms with van der Waals surface area (Å²) in [5, 5.41) is 14.0. The van der Waals surface area contributed by atoms with E-state index in [2.05, 4.69) is 23.5 Å². The van der Waals surface area contributed by atoms with Crippen LogP contribution in [0.2, 0.25) is 0 Å². The average molecular weight is 473 g/mol. The lowest BCUT2D eigenvalue weighted by molar-refractivity contribution is -0.385. The van der Waals surface area contributed by atoms with Crippen molar-refractivity contribution in [3.63, 3.8) is 0 Å². The van der Waals surface area contributed by atoms with Crippen molar-refractivity contribution in [2.24, 2.45) is 0 Å². The van der Waals surface area contributed by atoms with E-state index in [4.69, 9.17) is 0 Å². The maximum absolute atomic E-state index is 12.9. The van der Waals surface area contributed by atoms with E-state index in [-0.39, 0.29) is 39.9 Å². The topological polar surface area (TPSA) is 123 Å². The molecule has 0 aliphatic heterocycles. The van der Waals surface area contributed by atoms with Crippen molar-refractivity contribution in [2.75, 3.05) is 18.4 Å². The predicted octanol–water partition coefficient (Wildman–Crippen LogP) is 4.13. The SMILES string of the molecule is C=CCN(CC=C)S(=O)(=O)c1ccc2nc(NC(=O)c3cccc([N+](=O)[O-])c3C)sc2c1. The number of thiazole rings is 1. The lowest BCUT2D eigenvalue weighted by atomic mass is 10.1. The number of fused-ring (bicyclic) bond motifs is 1. The van der Waals surface area contributed by atoms with Gasteiger partial charge in [0.2, 0.25) is 10.0 Å². The minimum atomic E-state index is -3.77. The third kappa shape index (κ3) is 4.59. The highest BCUT2D eigenvalue weighted by atomic mass is 32.2. The largest absolute Gasteiger partial charge is 0.298 e. The number of anilines is 1. The molecule has 9 nitrogen and oxygen atoms in total. The van der Waals surface area contributed by atoms with Gasteiger partial charge in [0.25, 0.3) is 11.6 Å². The van der Waals surface area contributed by atoms with Crippen molar-refractivity contribution in [1.29, 1.82) is 0 Å². The zero-order valence-electron chi connectivity index (χ0n) is 17.1. The molecular formula is C21H20N4O5S2. The zero-order chi connectivity index (χ0) is 23.5. The first-order valence-electron chi connectivity index (χ1n) is 9.37. The second-order valence-electron chi connectivity index (χ2n) is 6.71. The predicted molar refractivity (Wildman–Crippen MR) is 125 cm³/mol. The second kappa shape index (κ2) is 9.39. The van der Waals surface area contributed by atoms with E-state index in [0.717, 1.165) is 11.3 Å². The first-order valence-corrected chi connectivity index (χ1v) is 11.6. The van der Waals surface area contributed by atoms with Gasteiger partial charge in [0.05, 0.1) is 20.0 Å². The molecule has 0 aliphatic carbocycles. The first-order chi connectivity index (χ1) is 15.2. The molecule has 3 aromatic rings. The van der Waals surface area contributed by atoms with Crippen LogP contribution in [0.5, 0.6) is 0 Å². The summed E-state index contributed by atoms with van der Waals surface area (Å²) in [6, 6.07) is 8.76. The van der Waals surface area contributed by atoms with Crippen LogP contribution in [0.4, 0.5) is 10.8 Å². The Morgan fingerprint density at radius 2 is 1.94 bits per heavy atom. The lowest BCUT2D eigenvalue weighted by Gasteiger charge is -2.18. The van der Waals surface area contributed by atoms with Crippen molar-refractivity contribution in [3.8, 4) is 0 Å². The van der Waals surface area contributed by atoms with Gasteiger partial charge in [-0.1, -0.05) is 29.6 Å². The van der Waals surface area contributed by atoms with E-state index >= 15 is 0 Å². The monoisotopic (exact) mass is 472 g/mol. The number of nitrogens with one attached hydrogen (secondary N) is 1. The highest BCUT2D eigenvalue weighted by Gasteiger charge is 2.24. The molecule has 0 radical (unpaired) electrons. The molecule has 0 bridgehead atoms. The Morgan fingerprint density at radius 1 is 1.25 bits per heavy atom. The van der Waals surface area contributed by atoms with Crippen molar-refractivity contribution in [2.45, 2.75) is 11.8 Å². The Kier molecular flexibility index (Phi) is 6.82. The number of aromatic nitrogens is 1. The van der Waals surface area contributed by atoms with Gasteiger partial charge in [-0.25, -0.2) is 13.4 Å². The van der Waals surface area contributed by atoms with Crippen LogP contribution in [0.3, 0.4) is 0 Å². The number of rotatable bonds is 9. The van der Waals surface area contributed by atoms with Crippen molar-refractivity contribution < 1.29 is 18.1 Å². The van der Waals surface area contributed by atoms with Gasteiger partial charge in [0, 0.05) is 30.3 Å². The molecular weight excluding hydrogens is 452 g/mol. The van der Waals surface area contributed by atoms with Gasteiger partial charge in [-0.15, -0.1) is 13.2 Å². The molecule has 0 unspecified atom stereocenters. The van der Waals surface area contributed by atoms with Crippen LogP contribution in [-0.2, 0) is 10.0 Å². The van der Waals surface area contributed by atoms with Crippen LogP contribution in [0.15, 0.2) is 66.6 Å². The Balaban J connectivity index is 1.91. The molecule has 1 aromatic heterocycles. The highest BCUT2D eigenvalue weighted by molar-refractivity contribution is 7.89. The number of hydrogen-bond acceptors (Lipinski definition) is 7. The van der Waals surface area contributed by atoms with Gasteiger partial charge in [-0.05, 0) is 31.2 Å². The number of benzene rings is 2. The van der Waals surface area contributed by atoms with E-state index < -0.39 is 20.9 Å². The summed E-state index contributed by atoms with van der Waals surface area (Å²) in [5.74, 6) is -0.541. The van der Waals surface area contributed by atoms with Gasteiger partial charge in [0.1, 0.15) is 0 Å². The fourth-order valence-electron chi connectivity index (χ4n) is 3.06. The number of nitro benzene ring substituents is 1. The van der Waals surface area contributed by atoms with Gasteiger partial charge in [-0.2, -0.15) is 4.31 Å². The Bertz CT molecular complexity index is 1320. The van der Waals surface area contributed by atoms with Gasteiger partial charge < -0.3 is 0 Å². The van der Waals surface area contributed by atoms with E-state index in [0.29, 0.717) is 10.2 Å². The average Bonchev–Trinajstić information content (AvgIpc) is 3.14. The van der Waals surface area contributed by atoms with Crippen LogP contribution in [0.1, 0.15) is 15.9 Å². The molecule has 166 valence electrons. The van der Waals surface area contributed by atoms with Crippen LogP contribution in [0.25, 0.3) is 10.2 Å². The summed E-state index contributed by atoms with van der Waals surface area (Å²) in [6.07, 6.45) is 2.99. The summed E-state index contributed by atoms with van der Waals surface area (Å²) in [5.41, 5.74) is 0.764. The standard InChI is InChI=1S/C21H20N4O5S2/c1-4-11-24(12-5-2)32(29,30)15-9-10-17-19(13-15)31-21(22-17)23-20(26)16-7-6-8-18(14(16)3)25(27)28/h4-10,13H,1-2,11-12H2,3H3,(H,22,23,26). The second-order valence-corrected chi connectivity index (χ2v) is 9.68. The normalized spacial score (nSPS) is 11.4. The van der Waals surface area contributed by atoms with Gasteiger partial charge in [-0.3, -0.25) is 20.2 Å². The number of hydrogen-bond donors (Lipinski definition) is 1. The molecule has 0 atom stereocenters. The van der Waals surface area contributed by atoms with Crippen LogP contribution < -0.4 is 5.32 Å². The summed E-state index contributed by atoms with van der Waals surface area (Å²) in [6.45, 7) is 8.96. The molecule has 0 aliphatic rings. The molecule has 0 saturated heterocycles. The smallest absolute Gasteiger partial charge is 0.273 e. The molecule has 11 heteroatoms. The van der Waals surface area contributed by atoms with E-state index in [1.54, 1.807) is 6.07 Å². The Labute approximate surface area is 188 Å². The summed E-state index contributed by atoms with van der Waals surface area (Å²) < 4.78 is 27.7. The van der Waals surface area contributed by atoms with E-state index in [1.165, 1.54) is 53.7 Å². The quantitative estimate of drug-likeness (QED) is 0.284. The molecule has 0 saturated carbocycles. The van der Waals surface area contributed by atoms with Crippen LogP contribution in [-0.4, -0.2) is 41.6 Å². The molecule has 1 N–H and O–H groups in total. The number of amides is 1. The summed E-state index contributed by atoms with van der Waals surface area (Å²) in [4.78, 5) is 27.6. The Hall–Kier alpha value is -3.41. The van der Waals surface area contributed by atoms with E-state index in [1.807, 2.05) is 0 Å². The number of nitro groups is 1. The van der Waals surface area contributed by atoms with Gasteiger partial charge in [0.15, 0.2) is 5.13 Å². The number of sulfonamides is 1. The fraction of sp³-hybridized carbons (Fsp3) is 0.143. The number of carbonyl (C=O) groups is 1. The van der Waals surface area contributed by atoms with Gasteiger partial charge >= 0.3 is 0 Å². The number of carbonyl (C=O) groups excluding carboxylic acids is 1. The van der Waals surface area contributed by atoms with Crippen molar-refractivity contribution in [3.05, 3.63) is 82.9 Å². The molecule has 0 fully saturated rings. The van der Waals surface area contributed by atoms with Crippen molar-refractivity contribution in [1.82, 2.24) is 9.29 Å². The highest BCUT2D eigenvalue weighted by Crippen LogP contribution is 2.30. The van der Waals surface area contributed by atoms with Crippen LogP contribution in [0, 0.1) is 17.0 Å². The van der Waals surface area contributed by atoms with Crippen LogP contribution >= 0.6 is 11.3 Å². The summed E-state index contributed by atoms with van der Waals surface area (Å²) >= 11 is 1.11. The maximum atomic E-state index is 12.9. The molecule has 0 spiro atoms. The minimum Gasteiger partial charge on any atom is -0.298 e. The third-order valence-corrected chi connectivity index (χ3v) is 7.39. The maximum Gasteiger partial charge on any atom is 0.273 e. The molecule has 1 amide bonds. The van der Waals surface area contributed by atoms with E-state index in [9.17, 15) is 23.3 Å². The fourth-order valence-corrected chi connectivity index (χ4v) is 5.44. The minimum absolute atomic E-state index is 0.0877. The zero-order valence-corrected chi connectivity index (χ0v) is 18.8. The van der Waals surface area contributed by atoms with Crippen molar-refractivity contribution >= 4 is 48.3 Å². The number of nitrogens with zero attached hydrogens (tertiary/aromatic N) is 3. The lowest BCUT2D eigenvalue weighted by Crippen LogP contribution is -2.31. The molecule has 1 heterocycles. The Morgan fingerprint density at radius 3 is 2.56 bits per heavy atom. The molecule has 3 rings (SSSR count). The third-order valence-electron chi connectivity index (χ3n) is 4.63. The first kappa shape index (κ1) is 23.3. The summed E-state index contributed by atoms with van der Waals surface area (Å²) in [7, 11) is -3.77.